The molecule has 2 aromatic carbocycles. The number of aliphatic hydroxyl groups excluding tert-OH is 1. The summed E-state index contributed by atoms with van der Waals surface area (Å²) in [5, 5.41) is 9.26. The van der Waals surface area contributed by atoms with Gasteiger partial charge in [-0.15, -0.1) is 13.2 Å². The average molecular weight is 679 g/mol. The maximum atomic E-state index is 14.9. The van der Waals surface area contributed by atoms with Crippen LogP contribution in [0.25, 0.3) is 0 Å². The van der Waals surface area contributed by atoms with Crippen molar-refractivity contribution >= 4 is 45.0 Å². The molecule has 3 saturated heterocycles. The van der Waals surface area contributed by atoms with Crippen LogP contribution in [0.5, 0.6) is 0 Å². The molecule has 45 heavy (non-hydrogen) atoms. The molecule has 3 unspecified atom stereocenters. The first-order valence-electron chi connectivity index (χ1n) is 15.9. The zero-order chi connectivity index (χ0) is 32.3. The van der Waals surface area contributed by atoms with E-state index in [4.69, 9.17) is 4.74 Å². The van der Waals surface area contributed by atoms with Gasteiger partial charge in [-0.2, -0.15) is 0 Å². The monoisotopic (exact) mass is 677 g/mol. The lowest BCUT2D eigenvalue weighted by atomic mass is 9.70. The molecule has 2 aromatic rings. The van der Waals surface area contributed by atoms with Gasteiger partial charge in [0.25, 0.3) is 5.91 Å². The van der Waals surface area contributed by atoms with Gasteiger partial charge in [0, 0.05) is 42.4 Å². The van der Waals surface area contributed by atoms with Crippen molar-refractivity contribution in [2.45, 2.75) is 68.5 Å². The summed E-state index contributed by atoms with van der Waals surface area (Å²) in [6, 6.07) is 14.5. The molecule has 3 fully saturated rings. The minimum atomic E-state index is -1.16. The van der Waals surface area contributed by atoms with Gasteiger partial charge in [0.05, 0.1) is 17.9 Å². The van der Waals surface area contributed by atoms with Gasteiger partial charge < -0.3 is 24.5 Å². The van der Waals surface area contributed by atoms with Crippen LogP contribution in [0.2, 0.25) is 0 Å². The number of anilines is 2. The Morgan fingerprint density at radius 2 is 1.71 bits per heavy atom. The second-order valence-electron chi connectivity index (χ2n) is 12.4. The Hall–Kier alpha value is -3.27. The third-order valence-electron chi connectivity index (χ3n) is 9.49. The van der Waals surface area contributed by atoms with E-state index in [2.05, 4.69) is 29.1 Å². The predicted molar refractivity (Wildman–Crippen MR) is 180 cm³/mol. The molecule has 0 aromatic heterocycles. The molecule has 1 N–H and O–H groups in total. The van der Waals surface area contributed by atoms with Crippen LogP contribution in [0.1, 0.15) is 43.2 Å². The minimum absolute atomic E-state index is 0.121. The highest BCUT2D eigenvalue weighted by Gasteiger charge is 2.77. The van der Waals surface area contributed by atoms with Gasteiger partial charge in [-0.05, 0) is 62.4 Å². The summed E-state index contributed by atoms with van der Waals surface area (Å²) in [5.41, 5.74) is 2.29. The van der Waals surface area contributed by atoms with Crippen LogP contribution in [-0.2, 0) is 19.1 Å². The average Bonchev–Trinajstić information content (AvgIpc) is 3.63. The first-order valence-corrected chi connectivity index (χ1v) is 16.8. The van der Waals surface area contributed by atoms with E-state index in [0.717, 1.165) is 35.3 Å². The van der Waals surface area contributed by atoms with E-state index < -0.39 is 29.6 Å². The number of unbranched alkanes of at least 4 members (excludes halogenated alkanes) is 3. The van der Waals surface area contributed by atoms with Gasteiger partial charge in [0.15, 0.2) is 0 Å². The first kappa shape index (κ1) is 33.1. The Morgan fingerprint density at radius 3 is 2.40 bits per heavy atom. The molecule has 5 rings (SSSR count). The number of ether oxygens (including phenoxy) is 1. The zero-order valence-corrected chi connectivity index (χ0v) is 27.8. The SMILES string of the molecule is C=CCN(C(=O)[C@H]1[C@H]2C(=O)N(CCCCCCO)C(C(=O)N(CC=C)c3cc(C)ccc3C)C23CC(Br)[C@@H]1O3)c1ccccc1. The Labute approximate surface area is 274 Å². The molecule has 3 aliphatic rings. The summed E-state index contributed by atoms with van der Waals surface area (Å²) in [6.45, 7) is 12.8. The molecule has 2 bridgehead atoms. The van der Waals surface area contributed by atoms with Crippen molar-refractivity contribution in [3.63, 3.8) is 0 Å². The number of nitrogens with zero attached hydrogens (tertiary/aromatic N) is 3. The van der Waals surface area contributed by atoms with E-state index in [0.29, 0.717) is 25.8 Å². The second kappa shape index (κ2) is 14.0. The van der Waals surface area contributed by atoms with Gasteiger partial charge in [0.1, 0.15) is 11.6 Å². The molecular weight excluding hydrogens is 634 g/mol. The van der Waals surface area contributed by atoms with Crippen molar-refractivity contribution < 1.29 is 24.2 Å². The number of amides is 3. The fourth-order valence-electron chi connectivity index (χ4n) is 7.51. The van der Waals surface area contributed by atoms with Crippen molar-refractivity contribution in [2.24, 2.45) is 11.8 Å². The van der Waals surface area contributed by atoms with E-state index in [9.17, 15) is 19.5 Å². The predicted octanol–water partition coefficient (Wildman–Crippen LogP) is 5.34. The number of fused-ring (bicyclic) bond motifs is 1. The number of carbonyl (C=O) groups excluding carboxylic acids is 3. The largest absolute Gasteiger partial charge is 0.396 e. The van der Waals surface area contributed by atoms with Gasteiger partial charge in [0.2, 0.25) is 11.8 Å². The van der Waals surface area contributed by atoms with E-state index >= 15 is 0 Å². The first-order chi connectivity index (χ1) is 21.7. The Bertz CT molecular complexity index is 1430. The molecule has 240 valence electrons. The van der Waals surface area contributed by atoms with Crippen LogP contribution >= 0.6 is 15.9 Å². The number of likely N-dealkylation sites (tertiary alicyclic amines) is 1. The summed E-state index contributed by atoms with van der Waals surface area (Å²) < 4.78 is 6.80. The molecule has 8 nitrogen and oxygen atoms in total. The normalized spacial score (nSPS) is 26.5. The van der Waals surface area contributed by atoms with Crippen LogP contribution in [0.15, 0.2) is 73.8 Å². The summed E-state index contributed by atoms with van der Waals surface area (Å²) >= 11 is 3.80. The van der Waals surface area contributed by atoms with E-state index in [1.54, 1.807) is 26.9 Å². The van der Waals surface area contributed by atoms with Crippen LogP contribution in [0.4, 0.5) is 11.4 Å². The number of alkyl halides is 1. The highest BCUT2D eigenvalue weighted by Crippen LogP contribution is 2.60. The van der Waals surface area contributed by atoms with E-state index in [1.165, 1.54) is 0 Å². The van der Waals surface area contributed by atoms with E-state index in [-0.39, 0.29) is 42.2 Å². The maximum absolute atomic E-state index is 14.9. The highest BCUT2D eigenvalue weighted by molar-refractivity contribution is 9.09. The number of rotatable bonds is 14. The molecule has 9 heteroatoms. The van der Waals surface area contributed by atoms with Crippen LogP contribution in [0.3, 0.4) is 0 Å². The lowest BCUT2D eigenvalue weighted by molar-refractivity contribution is -0.140. The van der Waals surface area contributed by atoms with Gasteiger partial charge in [-0.25, -0.2) is 0 Å². The van der Waals surface area contributed by atoms with Crippen LogP contribution < -0.4 is 9.80 Å². The van der Waals surface area contributed by atoms with Crippen molar-refractivity contribution in [2.75, 3.05) is 36.0 Å². The number of carbonyl (C=O) groups is 3. The molecule has 0 saturated carbocycles. The van der Waals surface area contributed by atoms with Gasteiger partial charge >= 0.3 is 0 Å². The molecule has 1 spiro atoms. The standard InChI is InChI=1S/C36H44BrN3O5/c1-5-18-38(26-14-10-9-11-15-26)33(42)29-30-34(43)40(20-12-7-8-13-21-41)32(36(30)23-27(37)31(29)45-36)35(44)39(19-6-2)28-22-24(3)16-17-25(28)4/h5-6,9-11,14-17,22,27,29-32,41H,1-2,7-8,12-13,18-21,23H2,3-4H3/t27?,29-,30-,31-,32?,36?/m0/s1. The number of aryl methyl sites for hydroxylation is 2. The summed E-state index contributed by atoms with van der Waals surface area (Å²) in [7, 11) is 0. The van der Waals surface area contributed by atoms with Crippen molar-refractivity contribution in [3.8, 4) is 0 Å². The lowest BCUT2D eigenvalue weighted by Crippen LogP contribution is -2.57. The molecule has 0 radical (unpaired) electrons. The van der Waals surface area contributed by atoms with Gasteiger partial charge in [-0.3, -0.25) is 14.4 Å². The Kier molecular flexibility index (Phi) is 10.3. The topological polar surface area (TPSA) is 90.4 Å². The molecular formula is C36H44BrN3O5. The molecule has 6 atom stereocenters. The van der Waals surface area contributed by atoms with Crippen molar-refractivity contribution in [3.05, 3.63) is 85.0 Å². The lowest BCUT2D eigenvalue weighted by Gasteiger charge is -2.38. The quantitative estimate of drug-likeness (QED) is 0.166. The number of benzene rings is 2. The fourth-order valence-corrected chi connectivity index (χ4v) is 8.46. The summed E-state index contributed by atoms with van der Waals surface area (Å²) in [4.78, 5) is 48.8. The van der Waals surface area contributed by atoms with Crippen molar-refractivity contribution in [1.29, 1.82) is 0 Å². The Morgan fingerprint density at radius 1 is 1.02 bits per heavy atom. The number of hydrogen-bond donors (Lipinski definition) is 1. The van der Waals surface area contributed by atoms with Crippen molar-refractivity contribution in [1.82, 2.24) is 4.90 Å². The molecule has 0 aliphatic carbocycles. The number of aliphatic hydroxyl groups is 1. The Balaban J connectivity index is 1.57. The van der Waals surface area contributed by atoms with Crippen LogP contribution in [0, 0.1) is 25.7 Å². The highest BCUT2D eigenvalue weighted by atomic mass is 79.9. The second-order valence-corrected chi connectivity index (χ2v) is 13.6. The maximum Gasteiger partial charge on any atom is 0.253 e. The molecule has 3 amide bonds. The molecule has 3 aliphatic heterocycles. The zero-order valence-electron chi connectivity index (χ0n) is 26.2. The number of hydrogen-bond acceptors (Lipinski definition) is 5. The third kappa shape index (κ3) is 6.02. The van der Waals surface area contributed by atoms with Crippen LogP contribution in [-0.4, -0.2) is 76.5 Å². The molecule has 3 heterocycles. The fraction of sp³-hybridized carbons (Fsp3) is 0.472. The van der Waals surface area contributed by atoms with E-state index in [1.807, 2.05) is 62.4 Å². The minimum Gasteiger partial charge on any atom is -0.396 e. The third-order valence-corrected chi connectivity index (χ3v) is 10.3. The summed E-state index contributed by atoms with van der Waals surface area (Å²) in [6.07, 6.45) is 6.26. The smallest absolute Gasteiger partial charge is 0.253 e. The number of halogens is 1. The number of para-hydroxylation sites is 1. The summed E-state index contributed by atoms with van der Waals surface area (Å²) in [5.74, 6) is -2.20. The van der Waals surface area contributed by atoms with Gasteiger partial charge in [-0.1, -0.05) is 71.3 Å².